The fourth-order valence-corrected chi connectivity index (χ4v) is 5.40. The SMILES string of the molecule is [C-]#[N+]c1ccc(-n2c3ccccc3c3cc(-c4ccc(Nc5ccc(-c6ccccc6)cc5)cc4)ccc32)cc1. The van der Waals surface area contributed by atoms with Gasteiger partial charge in [-0.2, -0.15) is 0 Å². The highest BCUT2D eigenvalue weighted by Gasteiger charge is 2.13. The smallest absolute Gasteiger partial charge is 0.187 e. The van der Waals surface area contributed by atoms with E-state index in [9.17, 15) is 0 Å². The lowest BCUT2D eigenvalue weighted by Gasteiger charge is -2.10. The Morgan fingerprint density at radius 3 is 1.70 bits per heavy atom. The summed E-state index contributed by atoms with van der Waals surface area (Å²) in [5.41, 5.74) is 10.9. The van der Waals surface area contributed by atoms with Crippen molar-refractivity contribution in [2.75, 3.05) is 5.32 Å². The largest absolute Gasteiger partial charge is 0.356 e. The van der Waals surface area contributed by atoms with Gasteiger partial charge < -0.3 is 9.88 Å². The number of para-hydroxylation sites is 1. The van der Waals surface area contributed by atoms with Crippen LogP contribution in [0.25, 0.3) is 54.6 Å². The van der Waals surface area contributed by atoms with Crippen molar-refractivity contribution < 1.29 is 0 Å². The van der Waals surface area contributed by atoms with E-state index in [2.05, 4.69) is 130 Å². The summed E-state index contributed by atoms with van der Waals surface area (Å²) in [7, 11) is 0. The molecule has 0 amide bonds. The van der Waals surface area contributed by atoms with Crippen molar-refractivity contribution in [1.82, 2.24) is 4.57 Å². The molecule has 6 aromatic carbocycles. The van der Waals surface area contributed by atoms with Gasteiger partial charge in [0.2, 0.25) is 0 Å². The van der Waals surface area contributed by atoms with Gasteiger partial charge in [-0.1, -0.05) is 91.0 Å². The first kappa shape index (κ1) is 23.5. The van der Waals surface area contributed by atoms with Crippen LogP contribution in [0.5, 0.6) is 0 Å². The number of hydrogen-bond acceptors (Lipinski definition) is 1. The van der Waals surface area contributed by atoms with Gasteiger partial charge >= 0.3 is 0 Å². The van der Waals surface area contributed by atoms with Crippen molar-refractivity contribution >= 4 is 38.9 Å². The highest BCUT2D eigenvalue weighted by molar-refractivity contribution is 6.10. The third-order valence-electron chi connectivity index (χ3n) is 7.41. The van der Waals surface area contributed by atoms with E-state index in [1.807, 2.05) is 30.3 Å². The van der Waals surface area contributed by atoms with Gasteiger partial charge in [0.15, 0.2) is 5.69 Å². The summed E-state index contributed by atoms with van der Waals surface area (Å²) in [5, 5.41) is 5.95. The number of aromatic nitrogens is 1. The Balaban J connectivity index is 1.18. The molecule has 0 aliphatic rings. The fourth-order valence-electron chi connectivity index (χ4n) is 5.40. The molecule has 0 unspecified atom stereocenters. The lowest BCUT2D eigenvalue weighted by Crippen LogP contribution is -1.93. The average Bonchev–Trinajstić information content (AvgIpc) is 3.36. The molecule has 0 atom stereocenters. The van der Waals surface area contributed by atoms with Crippen molar-refractivity contribution in [2.24, 2.45) is 0 Å². The molecule has 0 saturated heterocycles. The first-order valence-corrected chi connectivity index (χ1v) is 13.3. The maximum Gasteiger partial charge on any atom is 0.187 e. The zero-order valence-electron chi connectivity index (χ0n) is 21.8. The molecule has 188 valence electrons. The van der Waals surface area contributed by atoms with Gasteiger partial charge in [-0.3, -0.25) is 0 Å². The summed E-state index contributed by atoms with van der Waals surface area (Å²) in [6.07, 6.45) is 0. The van der Waals surface area contributed by atoms with Crippen LogP contribution in [0.3, 0.4) is 0 Å². The van der Waals surface area contributed by atoms with E-state index in [-0.39, 0.29) is 0 Å². The predicted molar refractivity (Wildman–Crippen MR) is 168 cm³/mol. The van der Waals surface area contributed by atoms with Gasteiger partial charge in [0, 0.05) is 27.8 Å². The van der Waals surface area contributed by atoms with Crippen LogP contribution >= 0.6 is 0 Å². The molecular weight excluding hydrogens is 486 g/mol. The molecule has 3 heteroatoms. The molecular formula is C37H25N3. The summed E-state index contributed by atoms with van der Waals surface area (Å²) < 4.78 is 2.28. The van der Waals surface area contributed by atoms with Crippen LogP contribution in [0.15, 0.2) is 146 Å². The zero-order chi connectivity index (χ0) is 26.9. The van der Waals surface area contributed by atoms with Crippen molar-refractivity contribution in [2.45, 2.75) is 0 Å². The molecule has 3 nitrogen and oxygen atoms in total. The van der Waals surface area contributed by atoms with E-state index < -0.39 is 0 Å². The molecule has 1 heterocycles. The van der Waals surface area contributed by atoms with Crippen LogP contribution in [-0.4, -0.2) is 4.57 Å². The van der Waals surface area contributed by atoms with Crippen molar-refractivity contribution in [3.8, 4) is 27.9 Å². The predicted octanol–water partition coefficient (Wildman–Crippen LogP) is 10.4. The summed E-state index contributed by atoms with van der Waals surface area (Å²) in [6, 6.07) is 50.6. The Hall–Kier alpha value is -5.59. The number of fused-ring (bicyclic) bond motifs is 3. The second-order valence-electron chi connectivity index (χ2n) is 9.86. The van der Waals surface area contributed by atoms with Crippen molar-refractivity contribution in [3.63, 3.8) is 0 Å². The van der Waals surface area contributed by atoms with Crippen LogP contribution in [0, 0.1) is 6.57 Å². The molecule has 0 saturated carbocycles. The summed E-state index contributed by atoms with van der Waals surface area (Å²) >= 11 is 0. The van der Waals surface area contributed by atoms with Crippen LogP contribution in [0.4, 0.5) is 17.1 Å². The maximum atomic E-state index is 7.28. The molecule has 1 N–H and O–H groups in total. The fraction of sp³-hybridized carbons (Fsp3) is 0. The first-order chi connectivity index (χ1) is 19.8. The Labute approximate surface area is 233 Å². The molecule has 40 heavy (non-hydrogen) atoms. The van der Waals surface area contributed by atoms with Crippen LogP contribution in [0.1, 0.15) is 0 Å². The molecule has 7 aromatic rings. The standard InChI is InChI=1S/C37H25N3/c1-38-30-20-22-33(23-21-30)40-36-10-6-5-9-34(36)35-25-29(15-24-37(35)40)28-13-18-32(19-14-28)39-31-16-11-27(12-17-31)26-7-3-2-4-8-26/h2-25,39H. The van der Waals surface area contributed by atoms with E-state index in [1.54, 1.807) is 0 Å². The van der Waals surface area contributed by atoms with E-state index in [4.69, 9.17) is 6.57 Å². The lowest BCUT2D eigenvalue weighted by atomic mass is 10.0. The summed E-state index contributed by atoms with van der Waals surface area (Å²) in [4.78, 5) is 3.54. The topological polar surface area (TPSA) is 21.3 Å². The highest BCUT2D eigenvalue weighted by Crippen LogP contribution is 2.35. The monoisotopic (exact) mass is 511 g/mol. The van der Waals surface area contributed by atoms with Gasteiger partial charge in [-0.05, 0) is 76.9 Å². The number of nitrogens with one attached hydrogen (secondary N) is 1. The normalized spacial score (nSPS) is 11.0. The Kier molecular flexibility index (Phi) is 5.85. The van der Waals surface area contributed by atoms with Crippen LogP contribution < -0.4 is 5.32 Å². The number of anilines is 2. The second-order valence-corrected chi connectivity index (χ2v) is 9.86. The first-order valence-electron chi connectivity index (χ1n) is 13.3. The quantitative estimate of drug-likeness (QED) is 0.228. The molecule has 0 aliphatic heterocycles. The number of rotatable bonds is 5. The summed E-state index contributed by atoms with van der Waals surface area (Å²) in [5.74, 6) is 0. The Morgan fingerprint density at radius 2 is 1.02 bits per heavy atom. The second kappa shape index (κ2) is 9.94. The minimum atomic E-state index is 0.647. The summed E-state index contributed by atoms with van der Waals surface area (Å²) in [6.45, 7) is 7.28. The number of nitrogens with zero attached hydrogens (tertiary/aromatic N) is 2. The third kappa shape index (κ3) is 4.28. The van der Waals surface area contributed by atoms with Crippen LogP contribution in [0.2, 0.25) is 0 Å². The van der Waals surface area contributed by atoms with Crippen molar-refractivity contribution in [1.29, 1.82) is 0 Å². The molecule has 0 bridgehead atoms. The van der Waals surface area contributed by atoms with Gasteiger partial charge in [-0.25, -0.2) is 4.85 Å². The molecule has 1 aromatic heterocycles. The minimum Gasteiger partial charge on any atom is -0.356 e. The molecule has 0 spiro atoms. The third-order valence-corrected chi connectivity index (χ3v) is 7.41. The Morgan fingerprint density at radius 1 is 0.475 bits per heavy atom. The lowest BCUT2D eigenvalue weighted by molar-refractivity contribution is 1.18. The molecule has 0 radical (unpaired) electrons. The van der Waals surface area contributed by atoms with Gasteiger partial charge in [0.25, 0.3) is 0 Å². The average molecular weight is 512 g/mol. The zero-order valence-corrected chi connectivity index (χ0v) is 21.8. The Bertz CT molecular complexity index is 1990. The van der Waals surface area contributed by atoms with Gasteiger partial charge in [0.05, 0.1) is 17.6 Å². The molecule has 7 rings (SSSR count). The van der Waals surface area contributed by atoms with Gasteiger partial charge in [0.1, 0.15) is 0 Å². The minimum absolute atomic E-state index is 0.647. The van der Waals surface area contributed by atoms with Gasteiger partial charge in [-0.15, -0.1) is 0 Å². The molecule has 0 aliphatic carbocycles. The number of hydrogen-bond donors (Lipinski definition) is 1. The highest BCUT2D eigenvalue weighted by atomic mass is 15.0. The van der Waals surface area contributed by atoms with E-state index >= 15 is 0 Å². The number of benzene rings is 6. The van der Waals surface area contributed by atoms with E-state index in [1.165, 1.54) is 33.0 Å². The van der Waals surface area contributed by atoms with E-state index in [0.717, 1.165) is 28.1 Å². The van der Waals surface area contributed by atoms with Crippen molar-refractivity contribution in [3.05, 3.63) is 157 Å². The maximum absolute atomic E-state index is 7.28. The van der Waals surface area contributed by atoms with E-state index in [0.29, 0.717) is 5.69 Å². The van der Waals surface area contributed by atoms with Crippen LogP contribution in [-0.2, 0) is 0 Å². The molecule has 0 fully saturated rings.